The normalized spacial score (nSPS) is 10.7. The van der Waals surface area contributed by atoms with E-state index in [9.17, 15) is 9.59 Å². The zero-order valence-corrected chi connectivity index (χ0v) is 13.4. The molecule has 1 N–H and O–H groups in total. The molecule has 1 aromatic carbocycles. The van der Waals surface area contributed by atoms with Crippen LogP contribution >= 0.6 is 11.3 Å². The van der Waals surface area contributed by atoms with Crippen LogP contribution in [0.1, 0.15) is 32.2 Å². The predicted octanol–water partition coefficient (Wildman–Crippen LogP) is 2.76. The number of ketones is 2. The molecule has 6 heteroatoms. The minimum Gasteiger partial charge on any atom is -0.290 e. The summed E-state index contributed by atoms with van der Waals surface area (Å²) in [5.74, 6) is -1.11. The number of aromatic nitrogens is 3. The van der Waals surface area contributed by atoms with Gasteiger partial charge in [0.15, 0.2) is 5.82 Å². The topological polar surface area (TPSA) is 75.7 Å². The van der Waals surface area contributed by atoms with Gasteiger partial charge in [0.05, 0.1) is 0 Å². The van der Waals surface area contributed by atoms with Gasteiger partial charge in [0.2, 0.25) is 5.78 Å². The molecular weight excluding hydrogens is 310 g/mol. The fourth-order valence-electron chi connectivity index (χ4n) is 2.28. The highest BCUT2D eigenvalue weighted by Crippen LogP contribution is 2.21. The minimum atomic E-state index is -0.628. The predicted molar refractivity (Wildman–Crippen MR) is 87.7 cm³/mol. The summed E-state index contributed by atoms with van der Waals surface area (Å²) in [6.07, 6.45) is 2.07. The SMILES string of the molecule is Cc1ccc(Cc2ccsc2CC(=O)C(=O)c2ncn[nH]2)cc1. The number of thiophene rings is 1. The lowest BCUT2D eigenvalue weighted by Gasteiger charge is -2.04. The standard InChI is InChI=1S/C17H15N3O2S/c1-11-2-4-12(5-3-11)8-13-6-7-23-15(13)9-14(21)16(22)17-18-10-19-20-17/h2-7,10H,8-9H2,1H3,(H,18,19,20). The van der Waals surface area contributed by atoms with Crippen molar-refractivity contribution in [3.8, 4) is 0 Å². The Labute approximate surface area is 137 Å². The average molecular weight is 325 g/mol. The molecule has 0 aliphatic carbocycles. The van der Waals surface area contributed by atoms with Crippen LogP contribution in [0.25, 0.3) is 0 Å². The molecule has 2 heterocycles. The molecule has 0 aliphatic rings. The van der Waals surface area contributed by atoms with Crippen LogP contribution in [0.4, 0.5) is 0 Å². The van der Waals surface area contributed by atoms with E-state index in [2.05, 4.69) is 39.4 Å². The van der Waals surface area contributed by atoms with Crippen molar-refractivity contribution in [2.75, 3.05) is 0 Å². The second kappa shape index (κ2) is 6.66. The number of carbonyl (C=O) groups excluding carboxylic acids is 2. The Balaban J connectivity index is 1.72. The molecule has 3 aromatic rings. The summed E-state index contributed by atoms with van der Waals surface area (Å²) >= 11 is 1.50. The van der Waals surface area contributed by atoms with E-state index in [1.54, 1.807) is 0 Å². The molecular formula is C17H15N3O2S. The molecule has 0 atom stereocenters. The third-order valence-electron chi connectivity index (χ3n) is 3.56. The van der Waals surface area contributed by atoms with Crippen molar-refractivity contribution in [3.63, 3.8) is 0 Å². The first-order chi connectivity index (χ1) is 11.1. The van der Waals surface area contributed by atoms with Gasteiger partial charge in [-0.15, -0.1) is 11.3 Å². The summed E-state index contributed by atoms with van der Waals surface area (Å²) in [6, 6.07) is 10.3. The molecule has 116 valence electrons. The molecule has 0 fully saturated rings. The number of hydrogen-bond acceptors (Lipinski definition) is 5. The quantitative estimate of drug-likeness (QED) is 0.558. The van der Waals surface area contributed by atoms with Gasteiger partial charge in [-0.2, -0.15) is 5.10 Å². The highest BCUT2D eigenvalue weighted by atomic mass is 32.1. The van der Waals surface area contributed by atoms with Crippen LogP contribution in [0, 0.1) is 6.92 Å². The molecule has 0 bridgehead atoms. The highest BCUT2D eigenvalue weighted by Gasteiger charge is 2.21. The van der Waals surface area contributed by atoms with E-state index in [0.717, 1.165) is 16.9 Å². The number of Topliss-reactive ketones (excluding diaryl/α,β-unsaturated/α-hetero) is 2. The fourth-order valence-corrected chi connectivity index (χ4v) is 3.18. The van der Waals surface area contributed by atoms with Crippen molar-refractivity contribution in [2.24, 2.45) is 0 Å². The first-order valence-corrected chi connectivity index (χ1v) is 8.05. The third kappa shape index (κ3) is 3.60. The molecule has 0 spiro atoms. The summed E-state index contributed by atoms with van der Waals surface area (Å²) in [6.45, 7) is 2.05. The minimum absolute atomic E-state index is 0.00774. The Hall–Kier alpha value is -2.60. The Morgan fingerprint density at radius 1 is 1.17 bits per heavy atom. The van der Waals surface area contributed by atoms with Gasteiger partial charge in [0, 0.05) is 11.3 Å². The van der Waals surface area contributed by atoms with Crippen molar-refractivity contribution in [1.29, 1.82) is 0 Å². The maximum absolute atomic E-state index is 12.1. The summed E-state index contributed by atoms with van der Waals surface area (Å²) in [5.41, 5.74) is 3.48. The first-order valence-electron chi connectivity index (χ1n) is 7.17. The van der Waals surface area contributed by atoms with E-state index in [1.165, 1.54) is 28.8 Å². The Kier molecular flexibility index (Phi) is 4.43. The van der Waals surface area contributed by atoms with Crippen LogP contribution in [0.2, 0.25) is 0 Å². The molecule has 3 rings (SSSR count). The van der Waals surface area contributed by atoms with Crippen LogP contribution in [-0.2, 0) is 17.6 Å². The molecule has 0 saturated heterocycles. The van der Waals surface area contributed by atoms with Crippen molar-refractivity contribution in [1.82, 2.24) is 15.2 Å². The molecule has 0 saturated carbocycles. The van der Waals surface area contributed by atoms with Crippen molar-refractivity contribution < 1.29 is 9.59 Å². The zero-order chi connectivity index (χ0) is 16.2. The second-order valence-corrected chi connectivity index (χ2v) is 6.30. The molecule has 0 unspecified atom stereocenters. The van der Waals surface area contributed by atoms with E-state index < -0.39 is 11.6 Å². The lowest BCUT2D eigenvalue weighted by atomic mass is 10.0. The number of aryl methyl sites for hydroxylation is 1. The van der Waals surface area contributed by atoms with Crippen molar-refractivity contribution >= 4 is 22.9 Å². The van der Waals surface area contributed by atoms with Crippen LogP contribution in [0.3, 0.4) is 0 Å². The molecule has 5 nitrogen and oxygen atoms in total. The summed E-state index contributed by atoms with van der Waals surface area (Å²) in [7, 11) is 0. The van der Waals surface area contributed by atoms with Crippen LogP contribution in [0.5, 0.6) is 0 Å². The Morgan fingerprint density at radius 2 is 1.96 bits per heavy atom. The number of aromatic amines is 1. The molecule has 0 radical (unpaired) electrons. The van der Waals surface area contributed by atoms with E-state index >= 15 is 0 Å². The molecule has 0 amide bonds. The monoisotopic (exact) mass is 325 g/mol. The first kappa shape index (κ1) is 15.3. The maximum Gasteiger partial charge on any atom is 0.265 e. The fraction of sp³-hybridized carbons (Fsp3) is 0.176. The average Bonchev–Trinajstić information content (AvgIpc) is 3.21. The molecule has 23 heavy (non-hydrogen) atoms. The lowest BCUT2D eigenvalue weighted by Crippen LogP contribution is -2.18. The number of benzene rings is 1. The number of hydrogen-bond donors (Lipinski definition) is 1. The molecule has 2 aromatic heterocycles. The largest absolute Gasteiger partial charge is 0.290 e. The number of carbonyl (C=O) groups is 2. The van der Waals surface area contributed by atoms with E-state index in [0.29, 0.717) is 0 Å². The lowest BCUT2D eigenvalue weighted by molar-refractivity contribution is -0.114. The number of H-pyrrole nitrogens is 1. The summed E-state index contributed by atoms with van der Waals surface area (Å²) in [5, 5.41) is 7.98. The zero-order valence-electron chi connectivity index (χ0n) is 12.6. The number of rotatable bonds is 6. The van der Waals surface area contributed by atoms with Crippen molar-refractivity contribution in [3.05, 3.63) is 69.4 Å². The van der Waals surface area contributed by atoms with Gasteiger partial charge in [0.25, 0.3) is 5.78 Å². The van der Waals surface area contributed by atoms with E-state index in [1.807, 2.05) is 18.4 Å². The molecule has 0 aliphatic heterocycles. The van der Waals surface area contributed by atoms with Crippen molar-refractivity contribution in [2.45, 2.75) is 19.8 Å². The van der Waals surface area contributed by atoms with Gasteiger partial charge in [-0.1, -0.05) is 29.8 Å². The number of nitrogens with zero attached hydrogens (tertiary/aromatic N) is 2. The Bertz CT molecular complexity index is 820. The van der Waals surface area contributed by atoms with Gasteiger partial charge >= 0.3 is 0 Å². The van der Waals surface area contributed by atoms with Gasteiger partial charge in [-0.3, -0.25) is 14.7 Å². The van der Waals surface area contributed by atoms with Crippen LogP contribution in [0.15, 0.2) is 42.0 Å². The second-order valence-electron chi connectivity index (χ2n) is 5.29. The van der Waals surface area contributed by atoms with Crippen LogP contribution < -0.4 is 0 Å². The van der Waals surface area contributed by atoms with E-state index in [-0.39, 0.29) is 12.2 Å². The highest BCUT2D eigenvalue weighted by molar-refractivity contribution is 7.10. The Morgan fingerprint density at radius 3 is 2.65 bits per heavy atom. The van der Waals surface area contributed by atoms with Gasteiger partial charge in [-0.25, -0.2) is 4.98 Å². The van der Waals surface area contributed by atoms with Gasteiger partial charge in [0.1, 0.15) is 6.33 Å². The van der Waals surface area contributed by atoms with Gasteiger partial charge in [-0.05, 0) is 35.9 Å². The van der Waals surface area contributed by atoms with E-state index in [4.69, 9.17) is 0 Å². The summed E-state index contributed by atoms with van der Waals surface area (Å²) in [4.78, 5) is 28.7. The van der Waals surface area contributed by atoms with Gasteiger partial charge < -0.3 is 0 Å². The maximum atomic E-state index is 12.1. The number of nitrogens with one attached hydrogen (secondary N) is 1. The smallest absolute Gasteiger partial charge is 0.265 e. The summed E-state index contributed by atoms with van der Waals surface area (Å²) < 4.78 is 0. The third-order valence-corrected chi connectivity index (χ3v) is 4.52. The van der Waals surface area contributed by atoms with Crippen LogP contribution in [-0.4, -0.2) is 26.7 Å².